The molecule has 3 nitrogen and oxygen atoms in total. The number of rotatable bonds is 9. The van der Waals surface area contributed by atoms with Crippen molar-refractivity contribution in [2.45, 2.75) is 132 Å². The van der Waals surface area contributed by atoms with E-state index in [1.165, 1.54) is 22.3 Å². The van der Waals surface area contributed by atoms with E-state index < -0.39 is 0 Å². The van der Waals surface area contributed by atoms with E-state index in [1.54, 1.807) is 11.8 Å². The molecule has 0 aliphatic rings. The van der Waals surface area contributed by atoms with Gasteiger partial charge >= 0.3 is 0 Å². The first-order valence-electron chi connectivity index (χ1n) is 20.6. The summed E-state index contributed by atoms with van der Waals surface area (Å²) in [6, 6.07) is 26.1. The summed E-state index contributed by atoms with van der Waals surface area (Å²) in [6.45, 7) is 33.7. The van der Waals surface area contributed by atoms with Crippen molar-refractivity contribution >= 4 is 11.8 Å². The Bertz CT molecular complexity index is 2050. The lowest BCUT2D eigenvalue weighted by atomic mass is 9.78. The monoisotopic (exact) mass is 784 g/mol. The highest BCUT2D eigenvalue weighted by atomic mass is 32.2. The standard InChI is InChI=1S/C53H68O3S/c1-32-20-41(35-26-37(50(4,5)6)30-38(27-35)51(7,8)9)47(54)43(22-32)45-24-34(3)25-46(49(45)56-18-17-19-57-16)44-23-33(2)21-42(48(44)55)36-28-39(52(10,11)12)31-40(29-36)53(13,14)15/h20-31,54-55H,17-19H2,1-16H3. The van der Waals surface area contributed by atoms with Gasteiger partial charge in [0, 0.05) is 33.4 Å². The number of ether oxygens (including phenoxy) is 1. The second-order valence-electron chi connectivity index (χ2n) is 20.4. The highest BCUT2D eigenvalue weighted by molar-refractivity contribution is 7.98. The molecule has 0 aliphatic carbocycles. The lowest BCUT2D eigenvalue weighted by Crippen LogP contribution is -2.16. The quantitative estimate of drug-likeness (QED) is 0.146. The number of phenolic OH excluding ortho intramolecular Hbond substituents is 2. The largest absolute Gasteiger partial charge is 0.507 e. The number of thioether (sulfide) groups is 1. The van der Waals surface area contributed by atoms with Gasteiger partial charge in [0.25, 0.3) is 0 Å². The minimum Gasteiger partial charge on any atom is -0.507 e. The Morgan fingerprint density at radius 2 is 0.737 bits per heavy atom. The van der Waals surface area contributed by atoms with Crippen LogP contribution in [0.5, 0.6) is 17.2 Å². The second kappa shape index (κ2) is 16.2. The maximum absolute atomic E-state index is 12.5. The van der Waals surface area contributed by atoms with Crippen molar-refractivity contribution in [3.05, 3.63) is 112 Å². The summed E-state index contributed by atoms with van der Waals surface area (Å²) >= 11 is 1.80. The summed E-state index contributed by atoms with van der Waals surface area (Å²) < 4.78 is 6.83. The Morgan fingerprint density at radius 3 is 1.04 bits per heavy atom. The van der Waals surface area contributed by atoms with Crippen LogP contribution in [0.15, 0.2) is 72.8 Å². The summed E-state index contributed by atoms with van der Waals surface area (Å²) in [5.74, 6) is 2.08. The molecule has 0 heterocycles. The molecule has 57 heavy (non-hydrogen) atoms. The average Bonchev–Trinajstić information content (AvgIpc) is 3.10. The van der Waals surface area contributed by atoms with Gasteiger partial charge in [0.1, 0.15) is 17.2 Å². The van der Waals surface area contributed by atoms with Crippen LogP contribution in [0.2, 0.25) is 0 Å². The van der Waals surface area contributed by atoms with Crippen LogP contribution in [-0.4, -0.2) is 28.8 Å². The van der Waals surface area contributed by atoms with E-state index in [0.29, 0.717) is 23.5 Å². The summed E-state index contributed by atoms with van der Waals surface area (Å²) in [7, 11) is 0. The third-order valence-corrected chi connectivity index (χ3v) is 11.7. The highest BCUT2D eigenvalue weighted by Crippen LogP contribution is 2.50. The molecule has 0 aromatic heterocycles. The Hall–Kier alpha value is -4.15. The average molecular weight is 785 g/mol. The molecule has 0 atom stereocenters. The van der Waals surface area contributed by atoms with E-state index in [4.69, 9.17) is 4.74 Å². The van der Waals surface area contributed by atoms with Gasteiger partial charge in [-0.15, -0.1) is 0 Å². The van der Waals surface area contributed by atoms with Gasteiger partial charge in [0.15, 0.2) is 0 Å². The summed E-state index contributed by atoms with van der Waals surface area (Å²) in [5, 5.41) is 24.9. The van der Waals surface area contributed by atoms with E-state index >= 15 is 0 Å². The molecule has 5 aromatic carbocycles. The molecule has 0 bridgehead atoms. The molecule has 0 unspecified atom stereocenters. The normalized spacial score (nSPS) is 12.6. The second-order valence-corrected chi connectivity index (χ2v) is 21.4. The van der Waals surface area contributed by atoms with E-state index in [2.05, 4.69) is 183 Å². The predicted molar refractivity (Wildman–Crippen MR) is 249 cm³/mol. The van der Waals surface area contributed by atoms with Gasteiger partial charge in [0.2, 0.25) is 0 Å². The first kappa shape index (κ1) is 44.0. The Balaban J connectivity index is 1.81. The van der Waals surface area contributed by atoms with Gasteiger partial charge in [-0.2, -0.15) is 11.8 Å². The molecular formula is C53H68O3S. The van der Waals surface area contributed by atoms with E-state index in [9.17, 15) is 10.2 Å². The number of phenols is 2. The van der Waals surface area contributed by atoms with Gasteiger partial charge in [-0.25, -0.2) is 0 Å². The molecule has 5 rings (SSSR count). The zero-order valence-corrected chi connectivity index (χ0v) is 38.6. The molecule has 0 saturated carbocycles. The number of hydrogen-bond donors (Lipinski definition) is 2. The Labute approximate surface area is 349 Å². The predicted octanol–water partition coefficient (Wildman–Crippen LogP) is 15.0. The van der Waals surface area contributed by atoms with Crippen molar-refractivity contribution in [1.82, 2.24) is 0 Å². The lowest BCUT2D eigenvalue weighted by molar-refractivity contribution is 0.321. The van der Waals surface area contributed by atoms with Crippen LogP contribution in [0.3, 0.4) is 0 Å². The maximum atomic E-state index is 12.5. The SMILES string of the molecule is CSCCCOc1c(-c2cc(C)cc(-c3cc(C(C)(C)C)cc(C(C)(C)C)c3)c2O)cc(C)cc1-c1cc(C)cc(-c2cc(C(C)(C)C)cc(C(C)(C)C)c2)c1O. The molecule has 0 spiro atoms. The van der Waals surface area contributed by atoms with E-state index in [1.807, 2.05) is 0 Å². The minimum atomic E-state index is -0.0709. The van der Waals surface area contributed by atoms with E-state index in [-0.39, 0.29) is 33.2 Å². The van der Waals surface area contributed by atoms with Crippen LogP contribution in [0.1, 0.15) is 128 Å². The summed E-state index contributed by atoms with van der Waals surface area (Å²) in [6.07, 6.45) is 2.98. The lowest BCUT2D eigenvalue weighted by Gasteiger charge is -2.27. The smallest absolute Gasteiger partial charge is 0.135 e. The molecule has 0 radical (unpaired) electrons. The molecule has 5 aromatic rings. The first-order valence-corrected chi connectivity index (χ1v) is 22.0. The van der Waals surface area contributed by atoms with Crippen molar-refractivity contribution in [1.29, 1.82) is 0 Å². The molecule has 0 fully saturated rings. The van der Waals surface area contributed by atoms with Gasteiger partial charge in [-0.1, -0.05) is 119 Å². The van der Waals surface area contributed by atoms with Crippen molar-refractivity contribution < 1.29 is 14.9 Å². The third kappa shape index (κ3) is 9.94. The van der Waals surface area contributed by atoms with Crippen molar-refractivity contribution in [3.63, 3.8) is 0 Å². The summed E-state index contributed by atoms with van der Waals surface area (Å²) in [5.41, 5.74) is 14.4. The molecule has 0 amide bonds. The van der Waals surface area contributed by atoms with Crippen molar-refractivity contribution in [2.24, 2.45) is 0 Å². The Morgan fingerprint density at radius 1 is 0.439 bits per heavy atom. The van der Waals surface area contributed by atoms with E-state index in [0.717, 1.165) is 62.2 Å². The number of aryl methyl sites for hydroxylation is 3. The highest BCUT2D eigenvalue weighted by Gasteiger charge is 2.27. The first-order chi connectivity index (χ1) is 26.3. The van der Waals surface area contributed by atoms with Crippen LogP contribution in [-0.2, 0) is 21.7 Å². The fourth-order valence-corrected chi connectivity index (χ4v) is 7.82. The summed E-state index contributed by atoms with van der Waals surface area (Å²) in [4.78, 5) is 0. The van der Waals surface area contributed by atoms with Crippen LogP contribution < -0.4 is 4.74 Å². The number of benzene rings is 5. The van der Waals surface area contributed by atoms with Crippen LogP contribution >= 0.6 is 11.8 Å². The number of aromatic hydroxyl groups is 2. The topological polar surface area (TPSA) is 49.7 Å². The van der Waals surface area contributed by atoms with Crippen LogP contribution in [0.25, 0.3) is 44.5 Å². The van der Waals surface area contributed by atoms with Crippen molar-refractivity contribution in [2.75, 3.05) is 18.6 Å². The fourth-order valence-electron chi connectivity index (χ4n) is 7.41. The zero-order chi connectivity index (χ0) is 42.4. The van der Waals surface area contributed by atoms with Crippen LogP contribution in [0, 0.1) is 20.8 Å². The van der Waals surface area contributed by atoms with Gasteiger partial charge in [0.05, 0.1) is 6.61 Å². The molecular weight excluding hydrogens is 717 g/mol. The van der Waals surface area contributed by atoms with Gasteiger partial charge < -0.3 is 14.9 Å². The molecule has 4 heteroatoms. The molecule has 304 valence electrons. The Kier molecular flexibility index (Phi) is 12.5. The third-order valence-electron chi connectivity index (χ3n) is 11.0. The molecule has 2 N–H and O–H groups in total. The fraction of sp³-hybridized carbons (Fsp3) is 0.434. The molecule has 0 saturated heterocycles. The van der Waals surface area contributed by atoms with Gasteiger partial charge in [-0.3, -0.25) is 0 Å². The molecule has 0 aliphatic heterocycles. The minimum absolute atomic E-state index is 0.0709. The number of hydrogen-bond acceptors (Lipinski definition) is 4. The maximum Gasteiger partial charge on any atom is 0.135 e. The zero-order valence-electron chi connectivity index (χ0n) is 37.8. The van der Waals surface area contributed by atoms with Gasteiger partial charge in [-0.05, 0) is 147 Å². The van der Waals surface area contributed by atoms with Crippen LogP contribution in [0.4, 0.5) is 0 Å². The van der Waals surface area contributed by atoms with Crippen molar-refractivity contribution in [3.8, 4) is 61.8 Å².